The van der Waals surface area contributed by atoms with Gasteiger partial charge < -0.3 is 5.73 Å². The van der Waals surface area contributed by atoms with Gasteiger partial charge in [-0.05, 0) is 30.5 Å². The molecule has 0 aliphatic carbocycles. The van der Waals surface area contributed by atoms with Crippen LogP contribution in [0.1, 0.15) is 49.8 Å². The number of benzene rings is 1. The van der Waals surface area contributed by atoms with Crippen LogP contribution in [0.3, 0.4) is 0 Å². The lowest BCUT2D eigenvalue weighted by Gasteiger charge is -2.14. The molecule has 16 heavy (non-hydrogen) atoms. The zero-order valence-corrected chi connectivity index (χ0v) is 10.6. The van der Waals surface area contributed by atoms with E-state index in [4.69, 9.17) is 17.3 Å². The largest absolute Gasteiger partial charge is 0.324 e. The van der Waals surface area contributed by atoms with Gasteiger partial charge in [0.1, 0.15) is 5.82 Å². The number of rotatable bonds is 5. The lowest BCUT2D eigenvalue weighted by atomic mass is 9.99. The number of hydrogen-bond acceptors (Lipinski definition) is 1. The number of aryl methyl sites for hydroxylation is 1. The minimum Gasteiger partial charge on any atom is -0.324 e. The summed E-state index contributed by atoms with van der Waals surface area (Å²) >= 11 is 5.99. The number of unbranched alkanes of at least 4 members (excludes halogenated alkanes) is 2. The average molecular weight is 244 g/mol. The Labute approximate surface area is 102 Å². The van der Waals surface area contributed by atoms with Crippen LogP contribution in [-0.4, -0.2) is 0 Å². The van der Waals surface area contributed by atoms with E-state index < -0.39 is 0 Å². The van der Waals surface area contributed by atoms with Crippen LogP contribution in [0.15, 0.2) is 12.1 Å². The van der Waals surface area contributed by atoms with Crippen molar-refractivity contribution < 1.29 is 4.39 Å². The van der Waals surface area contributed by atoms with Gasteiger partial charge in [0.05, 0.1) is 0 Å². The van der Waals surface area contributed by atoms with E-state index in [-0.39, 0.29) is 11.9 Å². The molecule has 3 heteroatoms. The molecule has 90 valence electrons. The standard InChI is InChI=1S/C13H19ClFN/c1-3-4-5-6-13(16)10-7-9(2)12(15)8-11(10)14/h7-8,13H,3-6,16H2,1-2H3. The van der Waals surface area contributed by atoms with Crippen molar-refractivity contribution in [1.82, 2.24) is 0 Å². The summed E-state index contributed by atoms with van der Waals surface area (Å²) in [5, 5.41) is 0.437. The van der Waals surface area contributed by atoms with Crippen LogP contribution in [0.2, 0.25) is 5.02 Å². The summed E-state index contributed by atoms with van der Waals surface area (Å²) in [7, 11) is 0. The van der Waals surface area contributed by atoms with Crippen molar-refractivity contribution in [3.05, 3.63) is 34.1 Å². The van der Waals surface area contributed by atoms with Crippen molar-refractivity contribution in [2.45, 2.75) is 45.6 Å². The Morgan fingerprint density at radius 3 is 2.69 bits per heavy atom. The maximum Gasteiger partial charge on any atom is 0.127 e. The second-order valence-corrected chi connectivity index (χ2v) is 4.63. The predicted octanol–water partition coefficient (Wildman–Crippen LogP) is 4.37. The van der Waals surface area contributed by atoms with Crippen molar-refractivity contribution in [3.63, 3.8) is 0 Å². The summed E-state index contributed by atoms with van der Waals surface area (Å²) in [6.07, 6.45) is 4.33. The lowest BCUT2D eigenvalue weighted by Crippen LogP contribution is -2.11. The van der Waals surface area contributed by atoms with Gasteiger partial charge in [-0.25, -0.2) is 4.39 Å². The Balaban J connectivity index is 2.75. The molecule has 2 N–H and O–H groups in total. The minimum absolute atomic E-state index is 0.0849. The van der Waals surface area contributed by atoms with E-state index in [1.807, 2.05) is 0 Å². The van der Waals surface area contributed by atoms with Gasteiger partial charge in [0, 0.05) is 11.1 Å². The fraction of sp³-hybridized carbons (Fsp3) is 0.538. The van der Waals surface area contributed by atoms with Gasteiger partial charge in [-0.1, -0.05) is 43.9 Å². The number of hydrogen-bond donors (Lipinski definition) is 1. The van der Waals surface area contributed by atoms with Gasteiger partial charge in [0.2, 0.25) is 0 Å². The molecule has 0 aliphatic heterocycles. The molecule has 0 bridgehead atoms. The summed E-state index contributed by atoms with van der Waals surface area (Å²) in [5.74, 6) is -0.269. The normalized spacial score (nSPS) is 12.8. The topological polar surface area (TPSA) is 26.0 Å². The van der Waals surface area contributed by atoms with Gasteiger partial charge >= 0.3 is 0 Å². The van der Waals surface area contributed by atoms with Gasteiger partial charge in [-0.2, -0.15) is 0 Å². The van der Waals surface area contributed by atoms with E-state index in [0.29, 0.717) is 10.6 Å². The third-order valence-corrected chi connectivity index (χ3v) is 3.12. The fourth-order valence-electron chi connectivity index (χ4n) is 1.73. The van der Waals surface area contributed by atoms with Crippen molar-refractivity contribution in [2.75, 3.05) is 0 Å². The highest BCUT2D eigenvalue weighted by atomic mass is 35.5. The molecule has 0 fully saturated rings. The second-order valence-electron chi connectivity index (χ2n) is 4.23. The first kappa shape index (κ1) is 13.5. The van der Waals surface area contributed by atoms with Crippen LogP contribution in [0.4, 0.5) is 4.39 Å². The highest BCUT2D eigenvalue weighted by Crippen LogP contribution is 2.27. The zero-order valence-electron chi connectivity index (χ0n) is 9.89. The Kier molecular flexibility index (Phi) is 5.23. The van der Waals surface area contributed by atoms with Crippen LogP contribution in [-0.2, 0) is 0 Å². The molecule has 1 atom stereocenters. The van der Waals surface area contributed by atoms with Crippen molar-refractivity contribution in [1.29, 1.82) is 0 Å². The number of nitrogens with two attached hydrogens (primary N) is 1. The van der Waals surface area contributed by atoms with E-state index in [0.717, 1.165) is 18.4 Å². The molecule has 0 amide bonds. The van der Waals surface area contributed by atoms with Crippen LogP contribution in [0.25, 0.3) is 0 Å². The lowest BCUT2D eigenvalue weighted by molar-refractivity contribution is 0.576. The SMILES string of the molecule is CCCCCC(N)c1cc(C)c(F)cc1Cl. The maximum absolute atomic E-state index is 13.2. The molecule has 1 rings (SSSR count). The van der Waals surface area contributed by atoms with E-state index in [1.165, 1.54) is 18.9 Å². The molecule has 0 aliphatic rings. The summed E-state index contributed by atoms with van der Waals surface area (Å²) in [6.45, 7) is 3.88. The van der Waals surface area contributed by atoms with E-state index in [1.54, 1.807) is 13.0 Å². The Morgan fingerprint density at radius 1 is 1.38 bits per heavy atom. The van der Waals surface area contributed by atoms with E-state index in [2.05, 4.69) is 6.92 Å². The van der Waals surface area contributed by atoms with Gasteiger partial charge in [0.25, 0.3) is 0 Å². The molecule has 0 aromatic heterocycles. The average Bonchev–Trinajstić information content (AvgIpc) is 2.23. The molecule has 0 spiro atoms. The molecule has 0 saturated heterocycles. The van der Waals surface area contributed by atoms with E-state index in [9.17, 15) is 4.39 Å². The monoisotopic (exact) mass is 243 g/mol. The van der Waals surface area contributed by atoms with Crippen LogP contribution in [0, 0.1) is 12.7 Å². The van der Waals surface area contributed by atoms with Gasteiger partial charge in [-0.15, -0.1) is 0 Å². The Morgan fingerprint density at radius 2 is 2.06 bits per heavy atom. The minimum atomic E-state index is -0.269. The summed E-state index contributed by atoms with van der Waals surface area (Å²) in [6, 6.07) is 3.03. The summed E-state index contributed by atoms with van der Waals surface area (Å²) < 4.78 is 13.2. The van der Waals surface area contributed by atoms with Gasteiger partial charge in [0.15, 0.2) is 0 Å². The molecule has 0 heterocycles. The van der Waals surface area contributed by atoms with Crippen molar-refractivity contribution in [3.8, 4) is 0 Å². The first-order valence-electron chi connectivity index (χ1n) is 5.77. The van der Waals surface area contributed by atoms with E-state index >= 15 is 0 Å². The number of halogens is 2. The third-order valence-electron chi connectivity index (χ3n) is 2.80. The molecule has 0 saturated carbocycles. The first-order valence-corrected chi connectivity index (χ1v) is 6.15. The quantitative estimate of drug-likeness (QED) is 0.764. The smallest absolute Gasteiger partial charge is 0.127 e. The molecule has 1 aromatic carbocycles. The zero-order chi connectivity index (χ0) is 12.1. The summed E-state index contributed by atoms with van der Waals surface area (Å²) in [4.78, 5) is 0. The first-order chi connectivity index (χ1) is 7.56. The fourth-order valence-corrected chi connectivity index (χ4v) is 2.02. The highest BCUT2D eigenvalue weighted by Gasteiger charge is 2.12. The van der Waals surface area contributed by atoms with Crippen LogP contribution < -0.4 is 5.73 Å². The van der Waals surface area contributed by atoms with Crippen LogP contribution in [0.5, 0.6) is 0 Å². The van der Waals surface area contributed by atoms with Crippen molar-refractivity contribution in [2.24, 2.45) is 5.73 Å². The molecule has 1 unspecified atom stereocenters. The molecular weight excluding hydrogens is 225 g/mol. The second kappa shape index (κ2) is 6.21. The van der Waals surface area contributed by atoms with Crippen LogP contribution >= 0.6 is 11.6 Å². The molecule has 1 nitrogen and oxygen atoms in total. The predicted molar refractivity (Wildman–Crippen MR) is 67.2 cm³/mol. The molecular formula is C13H19ClFN. The maximum atomic E-state index is 13.2. The Bertz CT molecular complexity index is 352. The summed E-state index contributed by atoms with van der Waals surface area (Å²) in [5.41, 5.74) is 7.51. The third kappa shape index (κ3) is 3.46. The Hall–Kier alpha value is -0.600. The molecule has 0 radical (unpaired) electrons. The molecule has 1 aromatic rings. The van der Waals surface area contributed by atoms with Gasteiger partial charge in [-0.3, -0.25) is 0 Å². The van der Waals surface area contributed by atoms with Crippen molar-refractivity contribution >= 4 is 11.6 Å². The highest BCUT2D eigenvalue weighted by molar-refractivity contribution is 6.31.